The molecule has 2 heterocycles. The second-order valence-electron chi connectivity index (χ2n) is 14.0. The lowest BCUT2D eigenvalue weighted by molar-refractivity contribution is 0.661. The normalized spacial score (nSPS) is 15.6. The van der Waals surface area contributed by atoms with E-state index in [4.69, 9.17) is 0 Å². The van der Waals surface area contributed by atoms with Crippen LogP contribution in [-0.2, 0) is 10.8 Å². The van der Waals surface area contributed by atoms with Gasteiger partial charge in [-0.15, -0.1) is 0 Å². The number of aromatic amines is 2. The number of benzene rings is 6. The highest BCUT2D eigenvalue weighted by atomic mass is 14.7. The lowest BCUT2D eigenvalue weighted by Gasteiger charge is -2.21. The number of fused-ring (bicyclic) bond motifs is 12. The van der Waals surface area contributed by atoms with Gasteiger partial charge in [0.05, 0.1) is 0 Å². The summed E-state index contributed by atoms with van der Waals surface area (Å²) in [6.45, 7) is 9.38. The molecule has 210 valence electrons. The number of aromatic nitrogens is 2. The summed E-state index contributed by atoms with van der Waals surface area (Å²) in [6.07, 6.45) is 0. The van der Waals surface area contributed by atoms with Crippen LogP contribution in [-0.4, -0.2) is 9.97 Å². The second-order valence-corrected chi connectivity index (χ2v) is 14.0. The molecule has 2 nitrogen and oxygen atoms in total. The predicted molar refractivity (Wildman–Crippen MR) is 186 cm³/mol. The molecule has 0 radical (unpaired) electrons. The monoisotopic (exact) mass is 564 g/mol. The molecule has 0 bridgehead atoms. The average molecular weight is 565 g/mol. The van der Waals surface area contributed by atoms with Crippen LogP contribution < -0.4 is 0 Å². The first kappa shape index (κ1) is 24.4. The smallest absolute Gasteiger partial charge is 0.0468 e. The van der Waals surface area contributed by atoms with E-state index in [1.54, 1.807) is 0 Å². The van der Waals surface area contributed by atoms with Crippen molar-refractivity contribution in [3.8, 4) is 33.4 Å². The van der Waals surface area contributed by atoms with Crippen LogP contribution in [0.5, 0.6) is 0 Å². The molecule has 0 saturated carbocycles. The maximum Gasteiger partial charge on any atom is 0.0468 e. The molecule has 0 saturated heterocycles. The molecule has 2 aliphatic carbocycles. The predicted octanol–water partition coefficient (Wildman–Crippen LogP) is 11.2. The molecule has 0 fully saturated rings. The topological polar surface area (TPSA) is 31.6 Å². The Morgan fingerprint density at radius 2 is 0.773 bits per heavy atom. The molecule has 44 heavy (non-hydrogen) atoms. The highest BCUT2D eigenvalue weighted by Gasteiger charge is 2.37. The third-order valence-corrected chi connectivity index (χ3v) is 10.9. The number of rotatable bonds is 1. The largest absolute Gasteiger partial charge is 0.355 e. The van der Waals surface area contributed by atoms with E-state index in [9.17, 15) is 0 Å². The molecule has 6 aromatic carbocycles. The van der Waals surface area contributed by atoms with Crippen LogP contribution in [0.1, 0.15) is 49.9 Å². The molecule has 2 heteroatoms. The first-order valence-electron chi connectivity index (χ1n) is 15.7. The van der Waals surface area contributed by atoms with Gasteiger partial charge in [-0.25, -0.2) is 0 Å². The van der Waals surface area contributed by atoms with Crippen LogP contribution in [0.15, 0.2) is 109 Å². The SMILES string of the molecule is CC1(C)c2ccccc2-c2cc3c(cc21)[nH]c1ccc(-c2ccc4[nH]c5cc6c(cc5c4c2)-c2ccccc2C6(C)C)cc13. The minimum atomic E-state index is -0.00470. The molecule has 0 spiro atoms. The Labute approximate surface area is 256 Å². The summed E-state index contributed by atoms with van der Waals surface area (Å²) in [7, 11) is 0. The van der Waals surface area contributed by atoms with E-state index < -0.39 is 0 Å². The first-order chi connectivity index (χ1) is 21.3. The molecule has 0 atom stereocenters. The van der Waals surface area contributed by atoms with Gasteiger partial charge in [-0.2, -0.15) is 0 Å². The zero-order chi connectivity index (χ0) is 29.5. The molecule has 2 N–H and O–H groups in total. The van der Waals surface area contributed by atoms with Crippen molar-refractivity contribution >= 4 is 43.6 Å². The summed E-state index contributed by atoms with van der Waals surface area (Å²) >= 11 is 0. The van der Waals surface area contributed by atoms with Crippen LogP contribution in [0.4, 0.5) is 0 Å². The molecule has 0 aliphatic heterocycles. The van der Waals surface area contributed by atoms with E-state index in [0.29, 0.717) is 0 Å². The zero-order valence-corrected chi connectivity index (χ0v) is 25.4. The summed E-state index contributed by atoms with van der Waals surface area (Å²) in [5, 5.41) is 5.13. The van der Waals surface area contributed by atoms with E-state index in [2.05, 4.69) is 147 Å². The summed E-state index contributed by atoms with van der Waals surface area (Å²) in [4.78, 5) is 7.47. The fraction of sp³-hybridized carbons (Fsp3) is 0.143. The summed E-state index contributed by atoms with van der Waals surface area (Å²) in [5.74, 6) is 0. The van der Waals surface area contributed by atoms with Crippen molar-refractivity contribution in [2.45, 2.75) is 38.5 Å². The minimum absolute atomic E-state index is 0.00470. The van der Waals surface area contributed by atoms with Crippen molar-refractivity contribution in [3.05, 3.63) is 131 Å². The van der Waals surface area contributed by atoms with E-state index in [1.807, 2.05) is 0 Å². The van der Waals surface area contributed by atoms with Gasteiger partial charge in [-0.1, -0.05) is 88.4 Å². The van der Waals surface area contributed by atoms with Gasteiger partial charge in [0.2, 0.25) is 0 Å². The lowest BCUT2D eigenvalue weighted by atomic mass is 9.82. The zero-order valence-electron chi connectivity index (χ0n) is 25.4. The van der Waals surface area contributed by atoms with Gasteiger partial charge in [0, 0.05) is 54.4 Å². The lowest BCUT2D eigenvalue weighted by Crippen LogP contribution is -2.14. The van der Waals surface area contributed by atoms with E-state index >= 15 is 0 Å². The number of nitrogens with one attached hydrogen (secondary N) is 2. The Hall–Kier alpha value is -5.08. The molecule has 8 aromatic rings. The minimum Gasteiger partial charge on any atom is -0.355 e. The summed E-state index contributed by atoms with van der Waals surface area (Å²) in [6, 6.07) is 41.2. The van der Waals surface area contributed by atoms with Gasteiger partial charge >= 0.3 is 0 Å². The van der Waals surface area contributed by atoms with Crippen molar-refractivity contribution in [1.29, 1.82) is 0 Å². The van der Waals surface area contributed by atoms with E-state index in [-0.39, 0.29) is 10.8 Å². The maximum absolute atomic E-state index is 3.73. The van der Waals surface area contributed by atoms with Gasteiger partial charge in [-0.3, -0.25) is 0 Å². The van der Waals surface area contributed by atoms with Gasteiger partial charge in [0.25, 0.3) is 0 Å². The van der Waals surface area contributed by atoms with E-state index in [1.165, 1.54) is 99.2 Å². The summed E-state index contributed by atoms with van der Waals surface area (Å²) < 4.78 is 0. The molecule has 2 aliphatic rings. The standard InChI is InChI=1S/C42H32N2/c1-41(2)33-11-7-5-9-25(33)27-19-31-29-17-23(13-15-37(29)43-39(31)21-35(27)41)24-14-16-38-30(18-24)32-20-28-26-10-6-8-12-34(26)42(3,4)36(28)22-40(32)44-38/h5-22,43-44H,1-4H3. The van der Waals surface area contributed by atoms with Crippen LogP contribution in [0.25, 0.3) is 77.0 Å². The van der Waals surface area contributed by atoms with Gasteiger partial charge in [-0.05, 0) is 104 Å². The third-order valence-electron chi connectivity index (χ3n) is 10.9. The molecular formula is C42H32N2. The van der Waals surface area contributed by atoms with Gasteiger partial charge in [0.1, 0.15) is 0 Å². The second kappa shape index (κ2) is 7.89. The molecular weight excluding hydrogens is 532 g/mol. The maximum atomic E-state index is 3.73. The third kappa shape index (κ3) is 2.96. The first-order valence-corrected chi connectivity index (χ1v) is 15.7. The Balaban J connectivity index is 1.15. The Bertz CT molecular complexity index is 2370. The van der Waals surface area contributed by atoms with Crippen molar-refractivity contribution in [1.82, 2.24) is 9.97 Å². The highest BCUT2D eigenvalue weighted by molar-refractivity contribution is 6.13. The van der Waals surface area contributed by atoms with Crippen LogP contribution in [0.2, 0.25) is 0 Å². The quantitative estimate of drug-likeness (QED) is 0.199. The molecule has 10 rings (SSSR count). The Morgan fingerprint density at radius 3 is 1.23 bits per heavy atom. The molecule has 2 aromatic heterocycles. The fourth-order valence-corrected chi connectivity index (χ4v) is 8.55. The fourth-order valence-electron chi connectivity index (χ4n) is 8.55. The number of hydrogen-bond acceptors (Lipinski definition) is 0. The van der Waals surface area contributed by atoms with Crippen LogP contribution in [0.3, 0.4) is 0 Å². The molecule has 0 amide bonds. The Kier molecular flexibility index (Phi) is 4.37. The number of H-pyrrole nitrogens is 2. The van der Waals surface area contributed by atoms with E-state index in [0.717, 1.165) is 0 Å². The highest BCUT2D eigenvalue weighted by Crippen LogP contribution is 2.52. The molecule has 0 unspecified atom stereocenters. The van der Waals surface area contributed by atoms with Gasteiger partial charge in [0.15, 0.2) is 0 Å². The Morgan fingerprint density at radius 1 is 0.364 bits per heavy atom. The van der Waals surface area contributed by atoms with Crippen molar-refractivity contribution in [3.63, 3.8) is 0 Å². The van der Waals surface area contributed by atoms with Crippen LogP contribution >= 0.6 is 0 Å². The number of hydrogen-bond donors (Lipinski definition) is 2. The van der Waals surface area contributed by atoms with Crippen molar-refractivity contribution < 1.29 is 0 Å². The van der Waals surface area contributed by atoms with Crippen molar-refractivity contribution in [2.24, 2.45) is 0 Å². The van der Waals surface area contributed by atoms with Gasteiger partial charge < -0.3 is 9.97 Å². The summed E-state index contributed by atoms with van der Waals surface area (Å²) in [5.41, 5.74) is 18.3. The van der Waals surface area contributed by atoms with Crippen molar-refractivity contribution in [2.75, 3.05) is 0 Å². The average Bonchev–Trinajstić information content (AvgIpc) is 3.71. The van der Waals surface area contributed by atoms with Crippen LogP contribution in [0, 0.1) is 0 Å².